The summed E-state index contributed by atoms with van der Waals surface area (Å²) >= 11 is 0. The number of hydrogen-bond donors (Lipinski definition) is 3. The van der Waals surface area contributed by atoms with Gasteiger partial charge in [0.2, 0.25) is 12.3 Å². The smallest absolute Gasteiger partial charge is 0.329 e. The predicted molar refractivity (Wildman–Crippen MR) is 41.2 cm³/mol. The van der Waals surface area contributed by atoms with Gasteiger partial charge in [-0.25, -0.2) is 4.79 Å². The van der Waals surface area contributed by atoms with Gasteiger partial charge in [0.05, 0.1) is 6.42 Å². The predicted octanol–water partition coefficient (Wildman–Crippen LogP) is -1.30. The van der Waals surface area contributed by atoms with Crippen molar-refractivity contribution in [3.63, 3.8) is 0 Å². The van der Waals surface area contributed by atoms with E-state index in [1.54, 1.807) is 0 Å². The Kier molecular flexibility index (Phi) is 3.21. The molecule has 0 rings (SSSR count). The van der Waals surface area contributed by atoms with Crippen LogP contribution in [-0.4, -0.2) is 28.9 Å². The number of aliphatic carboxylic acids is 1. The zero-order chi connectivity index (χ0) is 9.78. The van der Waals surface area contributed by atoms with E-state index in [9.17, 15) is 14.4 Å². The Morgan fingerprint density at radius 1 is 1.75 bits per heavy atom. The molecule has 0 unspecified atom stereocenters. The maximum absolute atomic E-state index is 10.5. The van der Waals surface area contributed by atoms with E-state index in [0.29, 0.717) is 0 Å². The molecular weight excluding hydrogens is 164 g/mol. The fraction of sp³-hybridized carbons (Fsp3) is 0.500. The van der Waals surface area contributed by atoms with E-state index in [1.165, 1.54) is 6.92 Å². The number of carbonyl (C=O) groups is 3. The molecule has 70 valence electrons. The van der Waals surface area contributed by atoms with Gasteiger partial charge in [-0.15, -0.1) is 0 Å². The van der Waals surface area contributed by atoms with Crippen molar-refractivity contribution in [1.29, 1.82) is 0 Å². The van der Waals surface area contributed by atoms with Gasteiger partial charge in [-0.05, 0) is 6.92 Å². The number of carbonyl (C=O) groups excluding carboxylic acids is 2. The first kappa shape index (κ1) is 10.4. The molecule has 0 radical (unpaired) electrons. The number of amides is 2. The molecule has 0 aromatic rings. The van der Waals surface area contributed by atoms with E-state index in [0.717, 1.165) is 0 Å². The fourth-order valence-electron chi connectivity index (χ4n) is 0.667. The number of primary amides is 1. The highest BCUT2D eigenvalue weighted by Gasteiger charge is 2.34. The van der Waals surface area contributed by atoms with Gasteiger partial charge < -0.3 is 16.2 Å². The summed E-state index contributed by atoms with van der Waals surface area (Å²) in [5, 5.41) is 10.6. The van der Waals surface area contributed by atoms with E-state index < -0.39 is 23.8 Å². The summed E-state index contributed by atoms with van der Waals surface area (Å²) in [6.07, 6.45) is -0.210. The van der Waals surface area contributed by atoms with Crippen LogP contribution in [0.4, 0.5) is 0 Å². The molecular formula is C6H12N2O4. The molecule has 0 aromatic heterocycles. The van der Waals surface area contributed by atoms with Crippen molar-refractivity contribution in [1.82, 2.24) is 5.32 Å². The molecule has 4 N–H and O–H groups in total. The van der Waals surface area contributed by atoms with Gasteiger partial charge in [0, 0.05) is 1.43 Å². The van der Waals surface area contributed by atoms with Crippen molar-refractivity contribution < 1.29 is 20.9 Å². The first-order chi connectivity index (χ1) is 5.42. The Morgan fingerprint density at radius 2 is 2.25 bits per heavy atom. The molecule has 1 atom stereocenters. The second-order valence-corrected chi connectivity index (χ2v) is 2.54. The molecule has 0 saturated heterocycles. The minimum absolute atomic E-state index is 0. The number of nitrogens with one attached hydrogen (secondary N) is 1. The topological polar surface area (TPSA) is 109 Å². The number of carboxylic acids is 1. The first-order valence-corrected chi connectivity index (χ1v) is 3.15. The van der Waals surface area contributed by atoms with Crippen LogP contribution in [0.15, 0.2) is 0 Å². The largest absolute Gasteiger partial charge is 0.480 e. The lowest BCUT2D eigenvalue weighted by molar-refractivity contribution is -0.147. The number of carboxylic acid groups (broad SMARTS) is 1. The Hall–Kier alpha value is -1.59. The van der Waals surface area contributed by atoms with Crippen LogP contribution in [0.3, 0.4) is 0 Å². The SMILES string of the molecule is C[C@@](CC(N)=O)(NC=O)C(=O)O.[HH]. The molecule has 0 saturated carbocycles. The molecule has 0 aliphatic heterocycles. The van der Waals surface area contributed by atoms with Crippen LogP contribution in [0.1, 0.15) is 14.8 Å². The van der Waals surface area contributed by atoms with E-state index >= 15 is 0 Å². The van der Waals surface area contributed by atoms with Crippen LogP contribution in [-0.2, 0) is 14.4 Å². The molecule has 0 heterocycles. The Balaban J connectivity index is 0. The van der Waals surface area contributed by atoms with Crippen LogP contribution in [0.25, 0.3) is 0 Å². The quantitative estimate of drug-likeness (QED) is 0.452. The summed E-state index contributed by atoms with van der Waals surface area (Å²) in [6.45, 7) is 1.20. The molecule has 0 aliphatic rings. The van der Waals surface area contributed by atoms with Crippen molar-refractivity contribution in [2.24, 2.45) is 5.73 Å². The Labute approximate surface area is 70.2 Å². The molecule has 0 bridgehead atoms. The highest BCUT2D eigenvalue weighted by atomic mass is 16.4. The van der Waals surface area contributed by atoms with Crippen molar-refractivity contribution in [3.05, 3.63) is 0 Å². The van der Waals surface area contributed by atoms with Crippen molar-refractivity contribution in [2.45, 2.75) is 18.9 Å². The molecule has 12 heavy (non-hydrogen) atoms. The average molecular weight is 176 g/mol. The lowest BCUT2D eigenvalue weighted by Gasteiger charge is -2.21. The Morgan fingerprint density at radius 3 is 2.50 bits per heavy atom. The van der Waals surface area contributed by atoms with E-state index in [-0.39, 0.29) is 7.84 Å². The lowest BCUT2D eigenvalue weighted by Crippen LogP contribution is -2.51. The second-order valence-electron chi connectivity index (χ2n) is 2.54. The molecule has 0 fully saturated rings. The highest BCUT2D eigenvalue weighted by molar-refractivity contribution is 5.88. The number of nitrogens with two attached hydrogens (primary N) is 1. The number of rotatable bonds is 5. The van der Waals surface area contributed by atoms with Crippen molar-refractivity contribution in [2.75, 3.05) is 0 Å². The van der Waals surface area contributed by atoms with Gasteiger partial charge in [0.15, 0.2) is 0 Å². The van der Waals surface area contributed by atoms with Crippen molar-refractivity contribution in [3.8, 4) is 0 Å². The third-order valence-corrected chi connectivity index (χ3v) is 1.38. The van der Waals surface area contributed by atoms with Gasteiger partial charge in [0.1, 0.15) is 5.54 Å². The third kappa shape index (κ3) is 2.57. The Bertz CT molecular complexity index is 221. The molecule has 2 amide bonds. The summed E-state index contributed by atoms with van der Waals surface area (Å²) in [7, 11) is 0. The fourth-order valence-corrected chi connectivity index (χ4v) is 0.667. The zero-order valence-corrected chi connectivity index (χ0v) is 6.53. The summed E-state index contributed by atoms with van der Waals surface area (Å²) in [5.41, 5.74) is 3.18. The molecule has 6 heteroatoms. The molecule has 6 nitrogen and oxygen atoms in total. The first-order valence-electron chi connectivity index (χ1n) is 3.15. The van der Waals surface area contributed by atoms with Gasteiger partial charge in [0.25, 0.3) is 0 Å². The van der Waals surface area contributed by atoms with Crippen LogP contribution in [0, 0.1) is 0 Å². The minimum Gasteiger partial charge on any atom is -0.480 e. The van der Waals surface area contributed by atoms with Crippen LogP contribution in [0.5, 0.6) is 0 Å². The van der Waals surface area contributed by atoms with E-state index in [2.05, 4.69) is 0 Å². The summed E-state index contributed by atoms with van der Waals surface area (Å²) in [6, 6.07) is 0. The van der Waals surface area contributed by atoms with Gasteiger partial charge in [-0.2, -0.15) is 0 Å². The average Bonchev–Trinajstić information content (AvgIpc) is 1.85. The van der Waals surface area contributed by atoms with Crippen LogP contribution in [0.2, 0.25) is 0 Å². The minimum atomic E-state index is -1.60. The van der Waals surface area contributed by atoms with Crippen LogP contribution >= 0.6 is 0 Å². The lowest BCUT2D eigenvalue weighted by atomic mass is 9.98. The summed E-state index contributed by atoms with van der Waals surface area (Å²) in [5.74, 6) is -2.08. The molecule has 0 aliphatic carbocycles. The maximum Gasteiger partial charge on any atom is 0.329 e. The number of hydrogen-bond acceptors (Lipinski definition) is 3. The summed E-state index contributed by atoms with van der Waals surface area (Å²) in [4.78, 5) is 30.9. The highest BCUT2D eigenvalue weighted by Crippen LogP contribution is 2.07. The molecule has 0 aromatic carbocycles. The third-order valence-electron chi connectivity index (χ3n) is 1.38. The zero-order valence-electron chi connectivity index (χ0n) is 6.53. The standard InChI is InChI=1S/C6H10N2O4.H2/c1-6(5(11)12,8-3-9)2-4(7)10;/h3H,2H2,1H3,(H2,7,10)(H,8,9)(H,11,12);1H/t6-;/m0./s1. The van der Waals surface area contributed by atoms with Crippen molar-refractivity contribution >= 4 is 18.3 Å². The van der Waals surface area contributed by atoms with Crippen LogP contribution < -0.4 is 11.1 Å². The monoisotopic (exact) mass is 176 g/mol. The van der Waals surface area contributed by atoms with Gasteiger partial charge >= 0.3 is 5.97 Å². The normalized spacial score (nSPS) is 14.4. The van der Waals surface area contributed by atoms with Gasteiger partial charge in [-0.3, -0.25) is 9.59 Å². The molecule has 0 spiro atoms. The van der Waals surface area contributed by atoms with E-state index in [4.69, 9.17) is 10.8 Å². The second kappa shape index (κ2) is 3.70. The van der Waals surface area contributed by atoms with E-state index in [1.807, 2.05) is 5.32 Å². The summed E-state index contributed by atoms with van der Waals surface area (Å²) < 4.78 is 0. The maximum atomic E-state index is 10.5. The van der Waals surface area contributed by atoms with Gasteiger partial charge in [-0.1, -0.05) is 0 Å².